The molecule has 2 amide bonds. The molecule has 2 rings (SSSR count). The van der Waals surface area contributed by atoms with Crippen molar-refractivity contribution in [2.75, 3.05) is 11.9 Å². The van der Waals surface area contributed by atoms with Crippen molar-refractivity contribution in [3.63, 3.8) is 0 Å². The molecule has 23 heavy (non-hydrogen) atoms. The van der Waals surface area contributed by atoms with E-state index in [1.165, 1.54) is 18.2 Å². The van der Waals surface area contributed by atoms with Gasteiger partial charge < -0.3 is 15.4 Å². The lowest BCUT2D eigenvalue weighted by molar-refractivity contribution is -0.384. The summed E-state index contributed by atoms with van der Waals surface area (Å²) < 4.78 is 5.31. The highest BCUT2D eigenvalue weighted by molar-refractivity contribution is 8.15. The maximum atomic E-state index is 12.2. The highest BCUT2D eigenvalue weighted by atomic mass is 32.2. The minimum absolute atomic E-state index is 0.0458. The zero-order valence-electron chi connectivity index (χ0n) is 12.1. The molecule has 122 valence electrons. The SMILES string of the molecule is CCOc1cc([N+](=O)[O-])ccc1NC(=O)C1CC(=O)NC(=N)S1. The first-order valence-electron chi connectivity index (χ1n) is 6.68. The van der Waals surface area contributed by atoms with E-state index in [2.05, 4.69) is 10.6 Å². The zero-order chi connectivity index (χ0) is 17.0. The second-order valence-corrected chi connectivity index (χ2v) is 5.76. The number of thioether (sulfide) groups is 1. The van der Waals surface area contributed by atoms with Gasteiger partial charge in [0.25, 0.3) is 5.69 Å². The van der Waals surface area contributed by atoms with Gasteiger partial charge in [-0.1, -0.05) is 11.8 Å². The van der Waals surface area contributed by atoms with Gasteiger partial charge in [0.1, 0.15) is 11.0 Å². The van der Waals surface area contributed by atoms with Crippen LogP contribution in [0.15, 0.2) is 18.2 Å². The van der Waals surface area contributed by atoms with Crippen molar-refractivity contribution in [2.45, 2.75) is 18.6 Å². The Balaban J connectivity index is 2.18. The van der Waals surface area contributed by atoms with Crippen molar-refractivity contribution in [3.8, 4) is 5.75 Å². The van der Waals surface area contributed by atoms with E-state index in [-0.39, 0.29) is 35.3 Å². The topological polar surface area (TPSA) is 134 Å². The van der Waals surface area contributed by atoms with Crippen LogP contribution in [0.5, 0.6) is 5.75 Å². The molecule has 0 aromatic heterocycles. The maximum Gasteiger partial charge on any atom is 0.273 e. The summed E-state index contributed by atoms with van der Waals surface area (Å²) >= 11 is 0.935. The number of nitrogens with zero attached hydrogens (tertiary/aromatic N) is 1. The molecule has 1 fully saturated rings. The van der Waals surface area contributed by atoms with Crippen LogP contribution in [0.1, 0.15) is 13.3 Å². The van der Waals surface area contributed by atoms with Crippen LogP contribution < -0.4 is 15.4 Å². The molecule has 0 saturated carbocycles. The lowest BCUT2D eigenvalue weighted by Gasteiger charge is -2.21. The van der Waals surface area contributed by atoms with Crippen LogP contribution >= 0.6 is 11.8 Å². The van der Waals surface area contributed by atoms with Crippen LogP contribution in [0.2, 0.25) is 0 Å². The van der Waals surface area contributed by atoms with Gasteiger partial charge in [-0.3, -0.25) is 25.1 Å². The second kappa shape index (κ2) is 7.09. The lowest BCUT2D eigenvalue weighted by Crippen LogP contribution is -2.41. The molecular formula is C13H14N4O5S. The molecule has 1 aliphatic rings. The summed E-state index contributed by atoms with van der Waals surface area (Å²) in [4.78, 5) is 33.9. The smallest absolute Gasteiger partial charge is 0.273 e. The van der Waals surface area contributed by atoms with E-state index in [0.29, 0.717) is 0 Å². The number of nitrogens with one attached hydrogen (secondary N) is 3. The second-order valence-electron chi connectivity index (χ2n) is 4.55. The van der Waals surface area contributed by atoms with Crippen molar-refractivity contribution < 1.29 is 19.2 Å². The van der Waals surface area contributed by atoms with E-state index in [1.54, 1.807) is 6.92 Å². The Bertz CT molecular complexity index is 662. The lowest BCUT2D eigenvalue weighted by atomic mass is 10.2. The van der Waals surface area contributed by atoms with Gasteiger partial charge in [0, 0.05) is 12.5 Å². The number of rotatable bonds is 5. The van der Waals surface area contributed by atoms with Crippen molar-refractivity contribution >= 4 is 40.1 Å². The van der Waals surface area contributed by atoms with Crippen molar-refractivity contribution in [3.05, 3.63) is 28.3 Å². The number of amides is 2. The number of carbonyl (C=O) groups is 2. The van der Waals surface area contributed by atoms with Crippen LogP contribution in [-0.2, 0) is 9.59 Å². The number of benzene rings is 1. The average molecular weight is 338 g/mol. The van der Waals surface area contributed by atoms with E-state index in [0.717, 1.165) is 11.8 Å². The molecule has 10 heteroatoms. The Morgan fingerprint density at radius 2 is 2.35 bits per heavy atom. The molecule has 1 aliphatic heterocycles. The van der Waals surface area contributed by atoms with Crippen LogP contribution in [0.3, 0.4) is 0 Å². The third-order valence-corrected chi connectivity index (χ3v) is 3.91. The molecule has 1 aromatic rings. The monoisotopic (exact) mass is 338 g/mol. The van der Waals surface area contributed by atoms with Gasteiger partial charge in [-0.15, -0.1) is 0 Å². The van der Waals surface area contributed by atoms with E-state index >= 15 is 0 Å². The van der Waals surface area contributed by atoms with Gasteiger partial charge in [0.2, 0.25) is 11.8 Å². The fourth-order valence-corrected chi connectivity index (χ4v) is 2.78. The molecule has 0 spiro atoms. The molecule has 3 N–H and O–H groups in total. The molecule has 1 saturated heterocycles. The van der Waals surface area contributed by atoms with Crippen LogP contribution in [0, 0.1) is 15.5 Å². The van der Waals surface area contributed by atoms with Crippen molar-refractivity contribution in [1.82, 2.24) is 5.32 Å². The number of nitro benzene ring substituents is 1. The van der Waals surface area contributed by atoms with Gasteiger partial charge in [0.15, 0.2) is 5.17 Å². The Labute approximate surface area is 135 Å². The third kappa shape index (κ3) is 4.19. The summed E-state index contributed by atoms with van der Waals surface area (Å²) in [6.45, 7) is 1.99. The molecular weight excluding hydrogens is 324 g/mol. The summed E-state index contributed by atoms with van der Waals surface area (Å²) in [6.07, 6.45) is -0.0458. The Kier molecular flexibility index (Phi) is 5.16. The largest absolute Gasteiger partial charge is 0.491 e. The molecule has 1 atom stereocenters. The molecule has 1 unspecified atom stereocenters. The predicted octanol–water partition coefficient (Wildman–Crippen LogP) is 1.49. The summed E-state index contributed by atoms with van der Waals surface area (Å²) in [5, 5.41) is 22.3. The molecule has 9 nitrogen and oxygen atoms in total. The highest BCUT2D eigenvalue weighted by Gasteiger charge is 2.30. The van der Waals surface area contributed by atoms with Gasteiger partial charge in [-0.05, 0) is 13.0 Å². The van der Waals surface area contributed by atoms with E-state index < -0.39 is 22.0 Å². The first-order valence-corrected chi connectivity index (χ1v) is 7.55. The standard InChI is InChI=1S/C13H14N4O5S/c1-2-22-9-5-7(17(20)21)3-4-8(9)15-12(19)10-6-11(18)16-13(14)23-10/h3-5,10H,2,6H2,1H3,(H,15,19)(H2,14,16,18). The Morgan fingerprint density at radius 3 is 2.96 bits per heavy atom. The van der Waals surface area contributed by atoms with Crippen LogP contribution in [0.4, 0.5) is 11.4 Å². The minimum atomic E-state index is -0.735. The highest BCUT2D eigenvalue weighted by Crippen LogP contribution is 2.30. The molecule has 0 radical (unpaired) electrons. The van der Waals surface area contributed by atoms with E-state index in [9.17, 15) is 19.7 Å². The van der Waals surface area contributed by atoms with Crippen LogP contribution in [0.25, 0.3) is 0 Å². The summed E-state index contributed by atoms with van der Waals surface area (Å²) in [5.74, 6) is -0.692. The van der Waals surface area contributed by atoms with Gasteiger partial charge >= 0.3 is 0 Å². The Morgan fingerprint density at radius 1 is 1.61 bits per heavy atom. The molecule has 1 heterocycles. The minimum Gasteiger partial charge on any atom is -0.491 e. The predicted molar refractivity (Wildman–Crippen MR) is 84.8 cm³/mol. The van der Waals surface area contributed by atoms with Crippen molar-refractivity contribution in [2.24, 2.45) is 0 Å². The van der Waals surface area contributed by atoms with Gasteiger partial charge in [0.05, 0.1) is 23.3 Å². The van der Waals surface area contributed by atoms with Crippen molar-refractivity contribution in [1.29, 1.82) is 5.41 Å². The van der Waals surface area contributed by atoms with Gasteiger partial charge in [-0.25, -0.2) is 0 Å². The summed E-state index contributed by atoms with van der Waals surface area (Å²) in [7, 11) is 0. The molecule has 1 aromatic carbocycles. The zero-order valence-corrected chi connectivity index (χ0v) is 12.9. The number of ether oxygens (including phenoxy) is 1. The third-order valence-electron chi connectivity index (χ3n) is 2.91. The number of carbonyl (C=O) groups excluding carboxylic acids is 2. The quantitative estimate of drug-likeness (QED) is 0.550. The number of hydrogen-bond acceptors (Lipinski definition) is 7. The van der Waals surface area contributed by atoms with Gasteiger partial charge in [-0.2, -0.15) is 0 Å². The normalized spacial score (nSPS) is 17.3. The number of hydrogen-bond donors (Lipinski definition) is 3. The molecule has 0 bridgehead atoms. The average Bonchev–Trinajstić information content (AvgIpc) is 2.48. The number of non-ortho nitro benzene ring substituents is 1. The summed E-state index contributed by atoms with van der Waals surface area (Å²) in [5.41, 5.74) is 0.125. The number of anilines is 1. The number of amidine groups is 1. The van der Waals surface area contributed by atoms with E-state index in [1.807, 2.05) is 0 Å². The fraction of sp³-hybridized carbons (Fsp3) is 0.308. The fourth-order valence-electron chi connectivity index (χ4n) is 1.92. The number of nitro groups is 1. The molecule has 0 aliphatic carbocycles. The van der Waals surface area contributed by atoms with E-state index in [4.69, 9.17) is 10.1 Å². The van der Waals surface area contributed by atoms with Crippen LogP contribution in [-0.4, -0.2) is 33.8 Å². The summed E-state index contributed by atoms with van der Waals surface area (Å²) in [6, 6.07) is 3.85. The Hall–Kier alpha value is -2.62. The first kappa shape index (κ1) is 16.7. The maximum absolute atomic E-state index is 12.2. The first-order chi connectivity index (χ1) is 10.9.